The SMILES string of the molecule is CN(CCOc1cccc(Cl)c1)C(=O)CC1CCNC1. The predicted octanol–water partition coefficient (Wildman–Crippen LogP) is 2.18. The maximum absolute atomic E-state index is 12.0. The van der Waals surface area contributed by atoms with E-state index >= 15 is 0 Å². The van der Waals surface area contributed by atoms with Crippen LogP contribution in [0.25, 0.3) is 0 Å². The number of benzene rings is 1. The van der Waals surface area contributed by atoms with Crippen molar-refractivity contribution in [2.45, 2.75) is 12.8 Å². The molecule has 0 aromatic heterocycles. The number of halogens is 1. The molecule has 110 valence electrons. The van der Waals surface area contributed by atoms with E-state index in [9.17, 15) is 4.79 Å². The van der Waals surface area contributed by atoms with Crippen LogP contribution < -0.4 is 10.1 Å². The zero-order chi connectivity index (χ0) is 14.4. The van der Waals surface area contributed by atoms with Gasteiger partial charge in [0, 0.05) is 18.5 Å². The Morgan fingerprint density at radius 1 is 1.55 bits per heavy atom. The van der Waals surface area contributed by atoms with Gasteiger partial charge < -0.3 is 15.0 Å². The lowest BCUT2D eigenvalue weighted by Gasteiger charge is -2.19. The summed E-state index contributed by atoms with van der Waals surface area (Å²) < 4.78 is 5.59. The van der Waals surface area contributed by atoms with E-state index in [-0.39, 0.29) is 5.91 Å². The van der Waals surface area contributed by atoms with E-state index in [1.54, 1.807) is 17.0 Å². The van der Waals surface area contributed by atoms with Gasteiger partial charge in [-0.1, -0.05) is 17.7 Å². The lowest BCUT2D eigenvalue weighted by atomic mass is 10.0. The van der Waals surface area contributed by atoms with E-state index in [4.69, 9.17) is 16.3 Å². The predicted molar refractivity (Wildman–Crippen MR) is 80.2 cm³/mol. The molecule has 1 unspecified atom stereocenters. The van der Waals surface area contributed by atoms with Gasteiger partial charge in [-0.2, -0.15) is 0 Å². The molecule has 2 rings (SSSR count). The summed E-state index contributed by atoms with van der Waals surface area (Å²) >= 11 is 5.88. The first-order valence-electron chi connectivity index (χ1n) is 6.98. The summed E-state index contributed by atoms with van der Waals surface area (Å²) in [5.41, 5.74) is 0. The topological polar surface area (TPSA) is 41.6 Å². The van der Waals surface area contributed by atoms with Crippen LogP contribution in [0.15, 0.2) is 24.3 Å². The molecule has 0 bridgehead atoms. The number of nitrogens with zero attached hydrogens (tertiary/aromatic N) is 1. The summed E-state index contributed by atoms with van der Waals surface area (Å²) in [5.74, 6) is 1.41. The number of likely N-dealkylation sites (N-methyl/N-ethyl adjacent to an activating group) is 1. The van der Waals surface area contributed by atoms with Crippen LogP contribution in [0.3, 0.4) is 0 Å². The zero-order valence-corrected chi connectivity index (χ0v) is 12.5. The summed E-state index contributed by atoms with van der Waals surface area (Å²) in [6.45, 7) is 3.05. The highest BCUT2D eigenvalue weighted by atomic mass is 35.5. The standard InChI is InChI=1S/C15H21ClN2O2/c1-18(15(19)9-12-5-6-17-11-12)7-8-20-14-4-2-3-13(16)10-14/h2-4,10,12,17H,5-9,11H2,1H3. The maximum atomic E-state index is 12.0. The van der Waals surface area contributed by atoms with Crippen molar-refractivity contribution in [1.82, 2.24) is 10.2 Å². The molecule has 1 saturated heterocycles. The van der Waals surface area contributed by atoms with Crippen LogP contribution >= 0.6 is 11.6 Å². The third kappa shape index (κ3) is 4.69. The van der Waals surface area contributed by atoms with Crippen LogP contribution in [0, 0.1) is 5.92 Å². The van der Waals surface area contributed by atoms with Crippen molar-refractivity contribution in [2.75, 3.05) is 33.3 Å². The molecule has 1 heterocycles. The Bertz CT molecular complexity index is 447. The van der Waals surface area contributed by atoms with Crippen molar-refractivity contribution in [3.63, 3.8) is 0 Å². The molecule has 0 spiro atoms. The molecule has 4 nitrogen and oxygen atoms in total. The van der Waals surface area contributed by atoms with Crippen LogP contribution in [0.5, 0.6) is 5.75 Å². The molecule has 1 aliphatic heterocycles. The van der Waals surface area contributed by atoms with Crippen molar-refractivity contribution in [3.05, 3.63) is 29.3 Å². The van der Waals surface area contributed by atoms with Crippen LogP contribution in [-0.4, -0.2) is 44.1 Å². The average Bonchev–Trinajstić information content (AvgIpc) is 2.91. The Labute approximate surface area is 125 Å². The van der Waals surface area contributed by atoms with Crippen molar-refractivity contribution in [1.29, 1.82) is 0 Å². The van der Waals surface area contributed by atoms with E-state index in [0.29, 0.717) is 30.5 Å². The molecule has 0 saturated carbocycles. The number of rotatable bonds is 6. The molecule has 1 aliphatic rings. The number of hydrogen-bond donors (Lipinski definition) is 1. The molecule has 1 amide bonds. The molecule has 20 heavy (non-hydrogen) atoms. The van der Waals surface area contributed by atoms with Crippen LogP contribution in [0.2, 0.25) is 5.02 Å². The molecular weight excluding hydrogens is 276 g/mol. The molecule has 1 N–H and O–H groups in total. The monoisotopic (exact) mass is 296 g/mol. The molecule has 5 heteroatoms. The van der Waals surface area contributed by atoms with Crippen molar-refractivity contribution in [2.24, 2.45) is 5.92 Å². The normalized spacial score (nSPS) is 18.0. The van der Waals surface area contributed by atoms with Gasteiger partial charge in [0.15, 0.2) is 0 Å². The first-order chi connectivity index (χ1) is 9.65. The molecule has 1 aromatic carbocycles. The highest BCUT2D eigenvalue weighted by molar-refractivity contribution is 6.30. The molecule has 0 radical (unpaired) electrons. The van der Waals surface area contributed by atoms with Crippen LogP contribution in [0.4, 0.5) is 0 Å². The van der Waals surface area contributed by atoms with E-state index in [1.165, 1.54) is 0 Å². The van der Waals surface area contributed by atoms with Gasteiger partial charge in [0.2, 0.25) is 5.91 Å². The van der Waals surface area contributed by atoms with Crippen molar-refractivity contribution >= 4 is 17.5 Å². The summed E-state index contributed by atoms with van der Waals surface area (Å²) in [5, 5.41) is 3.93. The third-order valence-electron chi connectivity index (χ3n) is 3.54. The fourth-order valence-corrected chi connectivity index (χ4v) is 2.45. The minimum atomic E-state index is 0.188. The highest BCUT2D eigenvalue weighted by Crippen LogP contribution is 2.17. The molecule has 1 fully saturated rings. The minimum Gasteiger partial charge on any atom is -0.492 e. The number of amides is 1. The average molecular weight is 297 g/mol. The van der Waals surface area contributed by atoms with E-state index < -0.39 is 0 Å². The van der Waals surface area contributed by atoms with E-state index in [1.807, 2.05) is 19.2 Å². The number of carbonyl (C=O) groups excluding carboxylic acids is 1. The smallest absolute Gasteiger partial charge is 0.222 e. The summed E-state index contributed by atoms with van der Waals surface area (Å²) in [4.78, 5) is 13.8. The molecule has 1 aromatic rings. The van der Waals surface area contributed by atoms with Gasteiger partial charge in [0.1, 0.15) is 12.4 Å². The third-order valence-corrected chi connectivity index (χ3v) is 3.78. The molecule has 1 atom stereocenters. The fourth-order valence-electron chi connectivity index (χ4n) is 2.27. The van der Waals surface area contributed by atoms with E-state index in [0.717, 1.165) is 25.3 Å². The zero-order valence-electron chi connectivity index (χ0n) is 11.8. The second-order valence-electron chi connectivity index (χ2n) is 5.18. The van der Waals surface area contributed by atoms with Gasteiger partial charge in [-0.05, 0) is 43.6 Å². The molecule has 0 aliphatic carbocycles. The largest absolute Gasteiger partial charge is 0.492 e. The van der Waals surface area contributed by atoms with Gasteiger partial charge >= 0.3 is 0 Å². The summed E-state index contributed by atoms with van der Waals surface area (Å²) in [6, 6.07) is 7.28. The first-order valence-corrected chi connectivity index (χ1v) is 7.36. The lowest BCUT2D eigenvalue weighted by Crippen LogP contribution is -2.32. The first kappa shape index (κ1) is 15.1. The second kappa shape index (κ2) is 7.50. The van der Waals surface area contributed by atoms with Gasteiger partial charge in [-0.3, -0.25) is 4.79 Å². The highest BCUT2D eigenvalue weighted by Gasteiger charge is 2.19. The van der Waals surface area contributed by atoms with Gasteiger partial charge in [0.05, 0.1) is 6.54 Å². The van der Waals surface area contributed by atoms with Crippen molar-refractivity contribution in [3.8, 4) is 5.75 Å². The van der Waals surface area contributed by atoms with Gasteiger partial charge in [-0.25, -0.2) is 0 Å². The van der Waals surface area contributed by atoms with Crippen LogP contribution in [-0.2, 0) is 4.79 Å². The van der Waals surface area contributed by atoms with Gasteiger partial charge in [-0.15, -0.1) is 0 Å². The second-order valence-corrected chi connectivity index (χ2v) is 5.62. The maximum Gasteiger partial charge on any atom is 0.222 e. The van der Waals surface area contributed by atoms with E-state index in [2.05, 4.69) is 5.32 Å². The summed E-state index contributed by atoms with van der Waals surface area (Å²) in [7, 11) is 1.83. The number of ether oxygens (including phenoxy) is 1. The van der Waals surface area contributed by atoms with Crippen molar-refractivity contribution < 1.29 is 9.53 Å². The Kier molecular flexibility index (Phi) is 5.68. The Morgan fingerprint density at radius 3 is 3.10 bits per heavy atom. The fraction of sp³-hybridized carbons (Fsp3) is 0.533. The number of nitrogens with one attached hydrogen (secondary N) is 1. The van der Waals surface area contributed by atoms with Crippen LogP contribution in [0.1, 0.15) is 12.8 Å². The quantitative estimate of drug-likeness (QED) is 0.875. The Balaban J connectivity index is 1.68. The van der Waals surface area contributed by atoms with Gasteiger partial charge in [0.25, 0.3) is 0 Å². The molecular formula is C15H21ClN2O2. The summed E-state index contributed by atoms with van der Waals surface area (Å²) in [6.07, 6.45) is 1.72. The minimum absolute atomic E-state index is 0.188. The number of hydrogen-bond acceptors (Lipinski definition) is 3. The lowest BCUT2D eigenvalue weighted by molar-refractivity contribution is -0.131. The Hall–Kier alpha value is -1.26. The Morgan fingerprint density at radius 2 is 2.40 bits per heavy atom. The number of carbonyl (C=O) groups is 1.